The van der Waals surface area contributed by atoms with Crippen molar-refractivity contribution in [3.8, 4) is 0 Å². The van der Waals surface area contributed by atoms with Crippen molar-refractivity contribution in [2.24, 2.45) is 0 Å². The number of piperazine rings is 1. The third-order valence-electron chi connectivity index (χ3n) is 5.28. The lowest BCUT2D eigenvalue weighted by atomic mass is 9.82. The van der Waals surface area contributed by atoms with E-state index >= 15 is 0 Å². The molecule has 1 atom stereocenters. The first-order chi connectivity index (χ1) is 11.5. The van der Waals surface area contributed by atoms with Gasteiger partial charge in [0, 0.05) is 32.2 Å². The van der Waals surface area contributed by atoms with Gasteiger partial charge in [-0.25, -0.2) is 0 Å². The van der Waals surface area contributed by atoms with Crippen molar-refractivity contribution in [3.05, 3.63) is 35.9 Å². The Morgan fingerprint density at radius 3 is 2.60 bits per heavy atom. The summed E-state index contributed by atoms with van der Waals surface area (Å²) in [6.45, 7) is 7.42. The minimum atomic E-state index is -0.545. The van der Waals surface area contributed by atoms with Gasteiger partial charge in [-0.1, -0.05) is 30.3 Å². The van der Waals surface area contributed by atoms with Crippen molar-refractivity contribution in [2.45, 2.75) is 38.1 Å². The largest absolute Gasteiger partial charge is 0.340 e. The maximum absolute atomic E-state index is 13.1. The van der Waals surface area contributed by atoms with Gasteiger partial charge < -0.3 is 15.1 Å². The van der Waals surface area contributed by atoms with E-state index in [1.165, 1.54) is 0 Å². The highest BCUT2D eigenvalue weighted by molar-refractivity contribution is 5.87. The number of hydrogen-bond donors (Lipinski definition) is 1. The average molecular weight is 366 g/mol. The van der Waals surface area contributed by atoms with Crippen molar-refractivity contribution in [1.82, 2.24) is 15.1 Å². The average Bonchev–Trinajstić information content (AvgIpc) is 2.62. The van der Waals surface area contributed by atoms with Crippen LogP contribution in [0.4, 0.5) is 0 Å². The number of nitrogens with one attached hydrogen (secondary N) is 1. The van der Waals surface area contributed by atoms with Gasteiger partial charge in [-0.3, -0.25) is 9.59 Å². The van der Waals surface area contributed by atoms with E-state index in [0.717, 1.165) is 38.0 Å². The molecular formula is C19H28ClN3O2. The molecule has 0 radical (unpaired) electrons. The summed E-state index contributed by atoms with van der Waals surface area (Å²) in [4.78, 5) is 29.2. The topological polar surface area (TPSA) is 52.7 Å². The van der Waals surface area contributed by atoms with Gasteiger partial charge in [-0.2, -0.15) is 0 Å². The molecule has 0 aliphatic carbocycles. The summed E-state index contributed by atoms with van der Waals surface area (Å²) in [5, 5.41) is 3.11. The van der Waals surface area contributed by atoms with Crippen LogP contribution in [-0.4, -0.2) is 60.4 Å². The molecule has 3 rings (SSSR count). The van der Waals surface area contributed by atoms with Crippen LogP contribution < -0.4 is 5.32 Å². The maximum Gasteiger partial charge on any atom is 0.236 e. The van der Waals surface area contributed by atoms with Crippen LogP contribution in [0.2, 0.25) is 0 Å². The van der Waals surface area contributed by atoms with Gasteiger partial charge in [0.15, 0.2) is 0 Å². The molecule has 1 N–H and O–H groups in total. The fourth-order valence-corrected chi connectivity index (χ4v) is 3.77. The molecule has 138 valence electrons. The molecule has 2 amide bonds. The van der Waals surface area contributed by atoms with Crippen LogP contribution >= 0.6 is 12.4 Å². The fraction of sp³-hybridized carbons (Fsp3) is 0.579. The molecule has 0 saturated carbocycles. The Balaban J connectivity index is 0.00000225. The molecule has 2 aliphatic heterocycles. The molecule has 5 nitrogen and oxygen atoms in total. The van der Waals surface area contributed by atoms with Crippen LogP contribution in [0.3, 0.4) is 0 Å². The van der Waals surface area contributed by atoms with Crippen LogP contribution in [0.15, 0.2) is 30.3 Å². The summed E-state index contributed by atoms with van der Waals surface area (Å²) in [5.41, 5.74) is 0.492. The molecule has 1 aromatic carbocycles. The Morgan fingerprint density at radius 1 is 1.20 bits per heavy atom. The lowest BCUT2D eigenvalue weighted by Gasteiger charge is -2.43. The summed E-state index contributed by atoms with van der Waals surface area (Å²) in [6.07, 6.45) is 1.94. The third-order valence-corrected chi connectivity index (χ3v) is 5.28. The molecule has 6 heteroatoms. The molecule has 0 bridgehead atoms. The Morgan fingerprint density at radius 2 is 1.92 bits per heavy atom. The highest BCUT2D eigenvalue weighted by Gasteiger charge is 2.37. The van der Waals surface area contributed by atoms with E-state index in [1.54, 1.807) is 0 Å². The number of benzene rings is 1. The van der Waals surface area contributed by atoms with Crippen molar-refractivity contribution < 1.29 is 9.59 Å². The van der Waals surface area contributed by atoms with Crippen molar-refractivity contribution in [3.63, 3.8) is 0 Å². The second-order valence-corrected chi connectivity index (χ2v) is 7.30. The zero-order valence-corrected chi connectivity index (χ0v) is 15.8. The van der Waals surface area contributed by atoms with Gasteiger partial charge in [0.2, 0.25) is 11.8 Å². The van der Waals surface area contributed by atoms with Gasteiger partial charge in [0.25, 0.3) is 0 Å². The van der Waals surface area contributed by atoms with Gasteiger partial charge in [-0.05, 0) is 32.3 Å². The molecule has 0 spiro atoms. The number of rotatable bonds is 3. The predicted molar refractivity (Wildman–Crippen MR) is 101 cm³/mol. The molecule has 2 heterocycles. The van der Waals surface area contributed by atoms with E-state index in [2.05, 4.69) is 5.32 Å². The summed E-state index contributed by atoms with van der Waals surface area (Å²) in [5.74, 6) is 0.309. The quantitative estimate of drug-likeness (QED) is 0.888. The number of likely N-dealkylation sites (tertiary alicyclic amines) is 1. The van der Waals surface area contributed by atoms with Gasteiger partial charge >= 0.3 is 0 Å². The standard InChI is InChI=1S/C19H27N3O2.ClH/c1-19(2,15-7-4-3-5-8-15)18(24)21-11-6-9-16(14-21)22-12-10-20-13-17(22)23;/h3-5,7-8,16,20H,6,9-14H2,1-2H3;1H. The smallest absolute Gasteiger partial charge is 0.236 e. The van der Waals surface area contributed by atoms with Gasteiger partial charge in [0.1, 0.15) is 0 Å². The number of amides is 2. The predicted octanol–water partition coefficient (Wildman–Crippen LogP) is 1.81. The second-order valence-electron chi connectivity index (χ2n) is 7.30. The lowest BCUT2D eigenvalue weighted by molar-refractivity contribution is -0.143. The van der Waals surface area contributed by atoms with Crippen molar-refractivity contribution in [2.75, 3.05) is 32.7 Å². The summed E-state index contributed by atoms with van der Waals surface area (Å²) < 4.78 is 0. The van der Waals surface area contributed by atoms with E-state index in [9.17, 15) is 9.59 Å². The highest BCUT2D eigenvalue weighted by atomic mass is 35.5. The zero-order chi connectivity index (χ0) is 17.2. The molecule has 2 aliphatic rings. The minimum Gasteiger partial charge on any atom is -0.340 e. The number of carbonyl (C=O) groups excluding carboxylic acids is 2. The molecule has 25 heavy (non-hydrogen) atoms. The fourth-order valence-electron chi connectivity index (χ4n) is 3.77. The number of piperidine rings is 1. The molecule has 2 saturated heterocycles. The SMILES string of the molecule is CC(C)(C(=O)N1CCCC(N2CCNCC2=O)C1)c1ccccc1.Cl. The molecule has 2 fully saturated rings. The summed E-state index contributed by atoms with van der Waals surface area (Å²) in [7, 11) is 0. The summed E-state index contributed by atoms with van der Waals surface area (Å²) >= 11 is 0. The molecular weight excluding hydrogens is 338 g/mol. The summed E-state index contributed by atoms with van der Waals surface area (Å²) in [6, 6.07) is 10.1. The van der Waals surface area contributed by atoms with Crippen LogP contribution in [0, 0.1) is 0 Å². The lowest BCUT2D eigenvalue weighted by Crippen LogP contribution is -2.58. The van der Waals surface area contributed by atoms with E-state index in [1.807, 2.05) is 54.0 Å². The van der Waals surface area contributed by atoms with E-state index in [4.69, 9.17) is 0 Å². The van der Waals surface area contributed by atoms with Crippen molar-refractivity contribution in [1.29, 1.82) is 0 Å². The molecule has 1 unspecified atom stereocenters. The maximum atomic E-state index is 13.1. The van der Waals surface area contributed by atoms with E-state index in [0.29, 0.717) is 13.1 Å². The van der Waals surface area contributed by atoms with Gasteiger partial charge in [-0.15, -0.1) is 12.4 Å². The number of hydrogen-bond acceptors (Lipinski definition) is 3. The first-order valence-corrected chi connectivity index (χ1v) is 8.85. The van der Waals surface area contributed by atoms with E-state index in [-0.39, 0.29) is 30.3 Å². The Hall–Kier alpha value is -1.59. The van der Waals surface area contributed by atoms with Crippen LogP contribution in [-0.2, 0) is 15.0 Å². The molecule has 1 aromatic rings. The Labute approximate surface area is 156 Å². The van der Waals surface area contributed by atoms with Crippen molar-refractivity contribution >= 4 is 24.2 Å². The highest BCUT2D eigenvalue weighted by Crippen LogP contribution is 2.28. The number of nitrogens with zero attached hydrogens (tertiary/aromatic N) is 2. The number of carbonyl (C=O) groups is 2. The van der Waals surface area contributed by atoms with Crippen LogP contribution in [0.5, 0.6) is 0 Å². The van der Waals surface area contributed by atoms with Gasteiger partial charge in [0.05, 0.1) is 12.0 Å². The number of halogens is 1. The Bertz CT molecular complexity index is 606. The zero-order valence-electron chi connectivity index (χ0n) is 15.0. The van der Waals surface area contributed by atoms with E-state index < -0.39 is 5.41 Å². The normalized spacial score (nSPS) is 21.7. The first-order valence-electron chi connectivity index (χ1n) is 8.85. The second kappa shape index (κ2) is 8.19. The minimum absolute atomic E-state index is 0. The first kappa shape index (κ1) is 19.7. The monoisotopic (exact) mass is 365 g/mol. The Kier molecular flexibility index (Phi) is 6.47. The third kappa shape index (κ3) is 4.15. The van der Waals surface area contributed by atoms with Crippen LogP contribution in [0.1, 0.15) is 32.3 Å². The molecule has 0 aromatic heterocycles. The van der Waals surface area contributed by atoms with Crippen LogP contribution in [0.25, 0.3) is 0 Å².